The molecule has 0 N–H and O–H groups in total. The highest BCUT2D eigenvalue weighted by atomic mass is 16.6. The summed E-state index contributed by atoms with van der Waals surface area (Å²) in [6.45, 7) is 7.45. The SMILES string of the molecule is Cc1ccc(C)c(OC2=COC3CC(OCC(=O)OC(C)C)CCC3C2=O)c1. The Morgan fingerprint density at radius 3 is 2.79 bits per heavy atom. The molecular weight excluding hydrogens is 360 g/mol. The topological polar surface area (TPSA) is 71.1 Å². The molecule has 1 heterocycles. The van der Waals surface area contributed by atoms with Crippen molar-refractivity contribution in [3.63, 3.8) is 0 Å². The number of allylic oxidation sites excluding steroid dienone is 1. The summed E-state index contributed by atoms with van der Waals surface area (Å²) in [5.74, 6) is 0.265. The largest absolute Gasteiger partial charge is 0.493 e. The molecule has 2 aliphatic rings. The fraction of sp³-hybridized carbons (Fsp3) is 0.545. The van der Waals surface area contributed by atoms with Crippen molar-refractivity contribution < 1.29 is 28.5 Å². The minimum atomic E-state index is -0.373. The lowest BCUT2D eigenvalue weighted by Crippen LogP contribution is -2.43. The molecule has 0 amide bonds. The molecule has 0 bridgehead atoms. The monoisotopic (exact) mass is 388 g/mol. The first-order valence-corrected chi connectivity index (χ1v) is 9.79. The van der Waals surface area contributed by atoms with Crippen LogP contribution in [0.3, 0.4) is 0 Å². The maximum Gasteiger partial charge on any atom is 0.332 e. The van der Waals surface area contributed by atoms with E-state index in [0.29, 0.717) is 25.0 Å². The van der Waals surface area contributed by atoms with Gasteiger partial charge in [-0.3, -0.25) is 4.79 Å². The Labute approximate surface area is 165 Å². The summed E-state index contributed by atoms with van der Waals surface area (Å²) in [6.07, 6.45) is 2.79. The van der Waals surface area contributed by atoms with E-state index in [4.69, 9.17) is 18.9 Å². The molecule has 6 nitrogen and oxygen atoms in total. The van der Waals surface area contributed by atoms with Crippen LogP contribution in [-0.2, 0) is 23.8 Å². The summed E-state index contributed by atoms with van der Waals surface area (Å²) in [6, 6.07) is 5.88. The minimum absolute atomic E-state index is 0.0326. The fourth-order valence-electron chi connectivity index (χ4n) is 3.58. The summed E-state index contributed by atoms with van der Waals surface area (Å²) in [7, 11) is 0. The van der Waals surface area contributed by atoms with Crippen LogP contribution in [0.5, 0.6) is 5.75 Å². The number of carbonyl (C=O) groups is 2. The van der Waals surface area contributed by atoms with E-state index < -0.39 is 0 Å². The van der Waals surface area contributed by atoms with Crippen LogP contribution >= 0.6 is 0 Å². The zero-order chi connectivity index (χ0) is 20.3. The van der Waals surface area contributed by atoms with Crippen molar-refractivity contribution in [2.45, 2.75) is 65.3 Å². The van der Waals surface area contributed by atoms with Gasteiger partial charge in [0.2, 0.25) is 11.5 Å². The molecule has 152 valence electrons. The lowest BCUT2D eigenvalue weighted by atomic mass is 9.80. The highest BCUT2D eigenvalue weighted by Crippen LogP contribution is 2.35. The van der Waals surface area contributed by atoms with Gasteiger partial charge in [0.05, 0.1) is 18.1 Å². The van der Waals surface area contributed by atoms with Gasteiger partial charge in [-0.2, -0.15) is 0 Å². The zero-order valence-electron chi connectivity index (χ0n) is 16.9. The van der Waals surface area contributed by atoms with Crippen molar-refractivity contribution in [3.05, 3.63) is 41.3 Å². The van der Waals surface area contributed by atoms with Crippen LogP contribution in [0, 0.1) is 19.8 Å². The van der Waals surface area contributed by atoms with Crippen LogP contribution in [0.2, 0.25) is 0 Å². The number of Topliss-reactive ketones (excluding diaryl/α,β-unsaturated/α-hetero) is 1. The predicted molar refractivity (Wildman–Crippen MR) is 103 cm³/mol. The second-order valence-corrected chi connectivity index (χ2v) is 7.78. The van der Waals surface area contributed by atoms with E-state index >= 15 is 0 Å². The number of fused-ring (bicyclic) bond motifs is 1. The summed E-state index contributed by atoms with van der Waals surface area (Å²) >= 11 is 0. The van der Waals surface area contributed by atoms with E-state index in [0.717, 1.165) is 11.1 Å². The molecule has 0 spiro atoms. The Morgan fingerprint density at radius 1 is 1.25 bits per heavy atom. The summed E-state index contributed by atoms with van der Waals surface area (Å²) in [5, 5.41) is 0. The molecule has 1 aromatic rings. The third-order valence-corrected chi connectivity index (χ3v) is 5.04. The smallest absolute Gasteiger partial charge is 0.332 e. The Hall–Kier alpha value is -2.34. The molecule has 0 saturated heterocycles. The normalized spacial score (nSPS) is 24.2. The third kappa shape index (κ3) is 4.93. The lowest BCUT2D eigenvalue weighted by Gasteiger charge is -2.37. The van der Waals surface area contributed by atoms with Gasteiger partial charge in [0.25, 0.3) is 0 Å². The fourth-order valence-corrected chi connectivity index (χ4v) is 3.58. The van der Waals surface area contributed by atoms with Gasteiger partial charge in [-0.1, -0.05) is 12.1 Å². The van der Waals surface area contributed by atoms with Crippen LogP contribution in [0.15, 0.2) is 30.2 Å². The van der Waals surface area contributed by atoms with Gasteiger partial charge >= 0.3 is 5.97 Å². The molecule has 1 aliphatic heterocycles. The molecule has 3 rings (SSSR count). The number of rotatable bonds is 6. The van der Waals surface area contributed by atoms with E-state index in [1.54, 1.807) is 13.8 Å². The van der Waals surface area contributed by atoms with Crippen LogP contribution in [0.25, 0.3) is 0 Å². The quantitative estimate of drug-likeness (QED) is 0.693. The maximum absolute atomic E-state index is 12.9. The highest BCUT2D eigenvalue weighted by Gasteiger charge is 2.41. The van der Waals surface area contributed by atoms with Gasteiger partial charge in [-0.05, 0) is 57.7 Å². The van der Waals surface area contributed by atoms with Gasteiger partial charge in [0.1, 0.15) is 24.7 Å². The van der Waals surface area contributed by atoms with E-state index in [1.807, 2.05) is 32.0 Å². The number of carbonyl (C=O) groups excluding carboxylic acids is 2. The molecule has 1 aliphatic carbocycles. The number of hydrogen-bond acceptors (Lipinski definition) is 6. The van der Waals surface area contributed by atoms with E-state index in [9.17, 15) is 9.59 Å². The van der Waals surface area contributed by atoms with Crippen molar-refractivity contribution in [3.8, 4) is 5.75 Å². The van der Waals surface area contributed by atoms with Crippen LogP contribution in [0.4, 0.5) is 0 Å². The number of ketones is 1. The number of esters is 1. The first-order chi connectivity index (χ1) is 13.3. The van der Waals surface area contributed by atoms with Gasteiger partial charge < -0.3 is 18.9 Å². The summed E-state index contributed by atoms with van der Waals surface area (Å²) < 4.78 is 22.4. The molecule has 3 atom stereocenters. The molecular formula is C22H28O6. The number of ether oxygens (including phenoxy) is 4. The second-order valence-electron chi connectivity index (χ2n) is 7.78. The number of benzene rings is 1. The van der Waals surface area contributed by atoms with E-state index in [1.165, 1.54) is 6.26 Å². The molecule has 6 heteroatoms. The van der Waals surface area contributed by atoms with Gasteiger partial charge in [0, 0.05) is 6.42 Å². The van der Waals surface area contributed by atoms with Gasteiger partial charge in [-0.25, -0.2) is 4.79 Å². The average molecular weight is 388 g/mol. The van der Waals surface area contributed by atoms with Crippen molar-refractivity contribution in [1.82, 2.24) is 0 Å². The average Bonchev–Trinajstić information content (AvgIpc) is 2.64. The van der Waals surface area contributed by atoms with Crippen LogP contribution in [0.1, 0.15) is 44.2 Å². The molecule has 1 saturated carbocycles. The highest BCUT2D eigenvalue weighted by molar-refractivity contribution is 5.96. The molecule has 0 aromatic heterocycles. The van der Waals surface area contributed by atoms with Crippen molar-refractivity contribution in [1.29, 1.82) is 0 Å². The number of hydrogen-bond donors (Lipinski definition) is 0. The van der Waals surface area contributed by atoms with Gasteiger partial charge in [-0.15, -0.1) is 0 Å². The van der Waals surface area contributed by atoms with Crippen molar-refractivity contribution >= 4 is 11.8 Å². The molecule has 28 heavy (non-hydrogen) atoms. The van der Waals surface area contributed by atoms with E-state index in [-0.39, 0.29) is 48.3 Å². The Balaban J connectivity index is 1.58. The maximum atomic E-state index is 12.9. The van der Waals surface area contributed by atoms with Crippen molar-refractivity contribution in [2.75, 3.05) is 6.61 Å². The minimum Gasteiger partial charge on any atom is -0.493 e. The van der Waals surface area contributed by atoms with Crippen LogP contribution in [-0.4, -0.2) is 36.7 Å². The third-order valence-electron chi connectivity index (χ3n) is 5.04. The molecule has 1 fully saturated rings. The number of aryl methyl sites for hydroxylation is 2. The molecule has 3 unspecified atom stereocenters. The van der Waals surface area contributed by atoms with Gasteiger partial charge in [0.15, 0.2) is 0 Å². The standard InChI is InChI=1S/C22H28O6/c1-13(2)27-21(23)12-25-16-7-8-17-19(10-16)26-11-20(22(17)24)28-18-9-14(3)5-6-15(18)4/h5-6,9,11,13,16-17,19H,7-8,10,12H2,1-4H3. The van der Waals surface area contributed by atoms with Crippen LogP contribution < -0.4 is 4.74 Å². The summed E-state index contributed by atoms with van der Waals surface area (Å²) in [5.41, 5.74) is 2.03. The Morgan fingerprint density at radius 2 is 2.04 bits per heavy atom. The Kier molecular flexibility index (Phi) is 6.39. The second kappa shape index (κ2) is 8.78. The van der Waals surface area contributed by atoms with E-state index in [2.05, 4.69) is 0 Å². The molecule has 0 radical (unpaired) electrons. The first-order valence-electron chi connectivity index (χ1n) is 9.79. The zero-order valence-corrected chi connectivity index (χ0v) is 16.9. The summed E-state index contributed by atoms with van der Waals surface area (Å²) in [4.78, 5) is 24.5. The molecule has 1 aromatic carbocycles. The van der Waals surface area contributed by atoms with Crippen molar-refractivity contribution in [2.24, 2.45) is 5.92 Å². The predicted octanol–water partition coefficient (Wildman–Crippen LogP) is 3.63. The lowest BCUT2D eigenvalue weighted by molar-refractivity contribution is -0.158. The Bertz CT molecular complexity index is 766. The first kappa shape index (κ1) is 20.4.